The van der Waals surface area contributed by atoms with Crippen molar-refractivity contribution in [2.75, 3.05) is 0 Å². The second-order valence-electron chi connectivity index (χ2n) is 6.17. The van der Waals surface area contributed by atoms with Crippen molar-refractivity contribution in [2.24, 2.45) is 10.2 Å². The Kier molecular flexibility index (Phi) is 6.57. The first-order valence-electron chi connectivity index (χ1n) is 8.85. The fraction of sp³-hybridized carbons (Fsp3) is 0.0476. The van der Waals surface area contributed by atoms with Gasteiger partial charge in [0.2, 0.25) is 0 Å². The van der Waals surface area contributed by atoms with Crippen molar-refractivity contribution in [2.45, 2.75) is 6.92 Å². The van der Waals surface area contributed by atoms with Crippen molar-refractivity contribution in [1.29, 1.82) is 0 Å². The summed E-state index contributed by atoms with van der Waals surface area (Å²) in [4.78, 5) is 31.7. The second-order valence-corrected chi connectivity index (χ2v) is 6.17. The highest BCUT2D eigenvalue weighted by Gasteiger charge is 2.08. The molecule has 0 bridgehead atoms. The average Bonchev–Trinajstić information content (AvgIpc) is 2.77. The number of aromatic nitrogens is 2. The molecule has 30 heavy (non-hydrogen) atoms. The molecule has 2 heterocycles. The van der Waals surface area contributed by atoms with E-state index in [-0.39, 0.29) is 5.75 Å². The van der Waals surface area contributed by atoms with Crippen LogP contribution in [0, 0.1) is 6.92 Å². The number of hydrogen-bond acceptors (Lipinski definition) is 7. The Hall–Kier alpha value is -4.40. The molecule has 0 aliphatic heterocycles. The number of amides is 2. The lowest BCUT2D eigenvalue weighted by Crippen LogP contribution is -2.18. The van der Waals surface area contributed by atoms with Crippen LogP contribution in [0.3, 0.4) is 0 Å². The number of rotatable bonds is 6. The molecule has 3 rings (SSSR count). The molecule has 150 valence electrons. The van der Waals surface area contributed by atoms with Crippen molar-refractivity contribution in [1.82, 2.24) is 20.8 Å². The molecule has 9 heteroatoms. The Morgan fingerprint density at radius 1 is 0.900 bits per heavy atom. The van der Waals surface area contributed by atoms with E-state index in [0.29, 0.717) is 22.3 Å². The summed E-state index contributed by atoms with van der Waals surface area (Å²) < 4.78 is 0. The maximum atomic E-state index is 12.0. The van der Waals surface area contributed by atoms with E-state index in [0.717, 1.165) is 5.56 Å². The van der Waals surface area contributed by atoms with E-state index >= 15 is 0 Å². The predicted molar refractivity (Wildman–Crippen MR) is 111 cm³/mol. The lowest BCUT2D eigenvalue weighted by Gasteiger charge is -2.06. The number of nitrogens with one attached hydrogen (secondary N) is 2. The fourth-order valence-electron chi connectivity index (χ4n) is 2.48. The topological polar surface area (TPSA) is 129 Å². The molecule has 2 amide bonds. The van der Waals surface area contributed by atoms with Gasteiger partial charge in [-0.1, -0.05) is 0 Å². The molecule has 3 N–H and O–H groups in total. The largest absolute Gasteiger partial charge is 0.507 e. The molecule has 0 unspecified atom stereocenters. The van der Waals surface area contributed by atoms with E-state index in [4.69, 9.17) is 0 Å². The van der Waals surface area contributed by atoms with Gasteiger partial charge in [-0.15, -0.1) is 0 Å². The lowest BCUT2D eigenvalue weighted by molar-refractivity contribution is 0.0946. The van der Waals surface area contributed by atoms with Gasteiger partial charge in [0, 0.05) is 35.9 Å². The summed E-state index contributed by atoms with van der Waals surface area (Å²) in [5.74, 6) is -0.947. The quantitative estimate of drug-likeness (QED) is 0.429. The number of aryl methyl sites for hydroxylation is 1. The number of pyridine rings is 2. The molecule has 0 fully saturated rings. The number of benzene rings is 1. The van der Waals surface area contributed by atoms with Gasteiger partial charge < -0.3 is 5.11 Å². The molecule has 1 aromatic carbocycles. The summed E-state index contributed by atoms with van der Waals surface area (Å²) >= 11 is 0. The summed E-state index contributed by atoms with van der Waals surface area (Å²) in [7, 11) is 0. The number of nitrogens with zero attached hydrogens (tertiary/aromatic N) is 4. The third-order valence-electron chi connectivity index (χ3n) is 3.90. The molecule has 3 aromatic rings. The van der Waals surface area contributed by atoms with Crippen LogP contribution < -0.4 is 10.9 Å². The zero-order chi connectivity index (χ0) is 21.3. The Morgan fingerprint density at radius 2 is 1.37 bits per heavy atom. The summed E-state index contributed by atoms with van der Waals surface area (Å²) in [6.45, 7) is 1.83. The maximum Gasteiger partial charge on any atom is 0.272 e. The molecule has 0 aliphatic carbocycles. The van der Waals surface area contributed by atoms with Crippen LogP contribution >= 0.6 is 0 Å². The SMILES string of the molecule is Cc1cc(/C=N/NC(=O)c2cccnc2)c(O)c(/C=N/NC(=O)c2cccnc2)c1. The minimum Gasteiger partial charge on any atom is -0.507 e. The monoisotopic (exact) mass is 402 g/mol. The Balaban J connectivity index is 1.68. The van der Waals surface area contributed by atoms with Crippen LogP contribution in [0.4, 0.5) is 0 Å². The standard InChI is InChI=1S/C21H18N6O3/c1-14-8-17(12-24-26-20(29)15-4-2-6-22-10-15)19(28)18(9-14)13-25-27-21(30)16-5-3-7-23-11-16/h2-13,28H,1H3,(H,26,29)(H,27,30)/b24-12+,25-13+. The van der Waals surface area contributed by atoms with E-state index in [2.05, 4.69) is 31.0 Å². The summed E-state index contributed by atoms with van der Waals surface area (Å²) in [5, 5.41) is 18.2. The number of carbonyl (C=O) groups excluding carboxylic acids is 2. The third-order valence-corrected chi connectivity index (χ3v) is 3.90. The smallest absolute Gasteiger partial charge is 0.272 e. The van der Waals surface area contributed by atoms with Crippen molar-refractivity contribution < 1.29 is 14.7 Å². The van der Waals surface area contributed by atoms with E-state index in [1.807, 2.05) is 6.92 Å². The van der Waals surface area contributed by atoms with Crippen LogP contribution in [0.1, 0.15) is 37.4 Å². The second kappa shape index (κ2) is 9.69. The minimum atomic E-state index is -0.425. The van der Waals surface area contributed by atoms with Gasteiger partial charge in [0.25, 0.3) is 11.8 Å². The van der Waals surface area contributed by atoms with Crippen LogP contribution in [-0.4, -0.2) is 39.3 Å². The number of carbonyl (C=O) groups is 2. The summed E-state index contributed by atoms with van der Waals surface area (Å²) in [5.41, 5.74) is 7.05. The van der Waals surface area contributed by atoms with E-state index in [1.165, 1.54) is 24.8 Å². The molecule has 0 spiro atoms. The number of phenolic OH excluding ortho intramolecular Hbond substituents is 1. The first kappa shape index (κ1) is 20.3. The van der Waals surface area contributed by atoms with E-state index in [9.17, 15) is 14.7 Å². The molecule has 2 aromatic heterocycles. The number of aromatic hydroxyl groups is 1. The Morgan fingerprint density at radius 3 is 1.77 bits per heavy atom. The first-order chi connectivity index (χ1) is 14.5. The summed E-state index contributed by atoms with van der Waals surface area (Å²) in [6, 6.07) is 9.89. The molecule has 9 nitrogen and oxygen atoms in total. The maximum absolute atomic E-state index is 12.0. The number of hydrazone groups is 2. The van der Waals surface area contributed by atoms with Gasteiger partial charge in [0.05, 0.1) is 23.6 Å². The van der Waals surface area contributed by atoms with E-state index in [1.54, 1.807) is 48.8 Å². The van der Waals surface area contributed by atoms with Crippen LogP contribution in [0.5, 0.6) is 5.75 Å². The van der Waals surface area contributed by atoms with Crippen molar-refractivity contribution in [3.05, 3.63) is 89.0 Å². The van der Waals surface area contributed by atoms with Gasteiger partial charge in [-0.05, 0) is 48.9 Å². The molecule has 0 saturated heterocycles. The molecular weight excluding hydrogens is 384 g/mol. The Labute approximate surface area is 172 Å². The van der Waals surface area contributed by atoms with E-state index < -0.39 is 11.8 Å². The number of hydrogen-bond donors (Lipinski definition) is 3. The zero-order valence-electron chi connectivity index (χ0n) is 16.0. The molecule has 0 aliphatic rings. The molecule has 0 atom stereocenters. The number of phenols is 1. The van der Waals surface area contributed by atoms with Crippen LogP contribution in [0.2, 0.25) is 0 Å². The highest BCUT2D eigenvalue weighted by molar-refractivity contribution is 5.97. The van der Waals surface area contributed by atoms with Gasteiger partial charge in [0.15, 0.2) is 0 Å². The van der Waals surface area contributed by atoms with Gasteiger partial charge in [-0.2, -0.15) is 10.2 Å². The van der Waals surface area contributed by atoms with Crippen molar-refractivity contribution in [3.8, 4) is 5.75 Å². The highest BCUT2D eigenvalue weighted by atomic mass is 16.3. The van der Waals surface area contributed by atoms with Crippen molar-refractivity contribution in [3.63, 3.8) is 0 Å². The van der Waals surface area contributed by atoms with Gasteiger partial charge in [-0.25, -0.2) is 10.9 Å². The van der Waals surface area contributed by atoms with Crippen molar-refractivity contribution >= 4 is 24.2 Å². The molecular formula is C21H18N6O3. The normalized spacial score (nSPS) is 11.0. The van der Waals surface area contributed by atoms with Crippen LogP contribution in [0.15, 0.2) is 71.4 Å². The van der Waals surface area contributed by atoms with Crippen LogP contribution in [0.25, 0.3) is 0 Å². The van der Waals surface area contributed by atoms with Gasteiger partial charge >= 0.3 is 0 Å². The highest BCUT2D eigenvalue weighted by Crippen LogP contribution is 2.21. The first-order valence-corrected chi connectivity index (χ1v) is 8.85. The van der Waals surface area contributed by atoms with Crippen LogP contribution in [-0.2, 0) is 0 Å². The predicted octanol–water partition coefficient (Wildman–Crippen LogP) is 2.02. The molecule has 0 saturated carbocycles. The summed E-state index contributed by atoms with van der Waals surface area (Å²) in [6.07, 6.45) is 8.61. The van der Waals surface area contributed by atoms with Gasteiger partial charge in [0.1, 0.15) is 5.75 Å². The molecule has 0 radical (unpaired) electrons. The zero-order valence-corrected chi connectivity index (χ0v) is 16.0. The van der Waals surface area contributed by atoms with Gasteiger partial charge in [-0.3, -0.25) is 19.6 Å². The third kappa shape index (κ3) is 5.32. The lowest BCUT2D eigenvalue weighted by atomic mass is 10.1. The Bertz CT molecular complexity index is 1010. The fourth-order valence-corrected chi connectivity index (χ4v) is 2.48. The minimum absolute atomic E-state index is 0.0978. The average molecular weight is 402 g/mol.